The third kappa shape index (κ3) is 7.56. The van der Waals surface area contributed by atoms with Crippen LogP contribution in [0.2, 0.25) is 0 Å². The van der Waals surface area contributed by atoms with Crippen molar-refractivity contribution in [2.24, 2.45) is 0 Å². The van der Waals surface area contributed by atoms with Crippen LogP contribution < -0.4 is 5.32 Å². The van der Waals surface area contributed by atoms with Crippen LogP contribution in [0.1, 0.15) is 43.0 Å². The summed E-state index contributed by atoms with van der Waals surface area (Å²) in [5.41, 5.74) is 3.61. The normalized spacial score (nSPS) is 12.1. The Hall–Kier alpha value is -2.92. The lowest BCUT2D eigenvalue weighted by Gasteiger charge is -2.34. The van der Waals surface area contributed by atoms with E-state index in [9.17, 15) is 9.59 Å². The summed E-state index contributed by atoms with van der Waals surface area (Å²) in [7, 11) is 0. The molecule has 3 rings (SSSR count). The van der Waals surface area contributed by atoms with E-state index >= 15 is 0 Å². The first-order valence-corrected chi connectivity index (χ1v) is 12.4. The highest BCUT2D eigenvalue weighted by atomic mass is 79.9. The Balaban J connectivity index is 2.00. The summed E-state index contributed by atoms with van der Waals surface area (Å²) in [5, 5.41) is 3.11. The molecule has 0 heterocycles. The molecule has 5 heteroatoms. The first-order valence-electron chi connectivity index (χ1n) is 11.6. The SMILES string of the molecule is Cc1ccccc1CC(=O)N(Cc1cccc(Br)c1)[C@@H](Cc1ccccc1)C(=O)NC(C)(C)C. The fourth-order valence-electron chi connectivity index (χ4n) is 3.91. The van der Waals surface area contributed by atoms with Crippen LogP contribution in [-0.2, 0) is 29.0 Å². The summed E-state index contributed by atoms with van der Waals surface area (Å²) in [5.74, 6) is -0.219. The molecule has 178 valence electrons. The Bertz CT molecular complexity index is 1120. The van der Waals surface area contributed by atoms with Gasteiger partial charge < -0.3 is 10.2 Å². The smallest absolute Gasteiger partial charge is 0.243 e. The molecule has 0 bridgehead atoms. The van der Waals surface area contributed by atoms with E-state index in [0.29, 0.717) is 13.0 Å². The summed E-state index contributed by atoms with van der Waals surface area (Å²) in [6.07, 6.45) is 0.686. The predicted octanol–water partition coefficient (Wildman–Crippen LogP) is 5.85. The largest absolute Gasteiger partial charge is 0.350 e. The average molecular weight is 521 g/mol. The van der Waals surface area contributed by atoms with Crippen molar-refractivity contribution >= 4 is 27.7 Å². The lowest BCUT2D eigenvalue weighted by Crippen LogP contribution is -2.54. The Morgan fingerprint density at radius 1 is 0.912 bits per heavy atom. The van der Waals surface area contributed by atoms with E-state index in [0.717, 1.165) is 26.7 Å². The van der Waals surface area contributed by atoms with E-state index in [1.165, 1.54) is 0 Å². The van der Waals surface area contributed by atoms with E-state index in [2.05, 4.69) is 21.2 Å². The number of benzene rings is 3. The van der Waals surface area contributed by atoms with Gasteiger partial charge in [-0.2, -0.15) is 0 Å². The molecule has 0 aliphatic heterocycles. The predicted molar refractivity (Wildman–Crippen MR) is 141 cm³/mol. The van der Waals surface area contributed by atoms with Gasteiger partial charge in [-0.25, -0.2) is 0 Å². The second-order valence-electron chi connectivity index (χ2n) is 9.70. The van der Waals surface area contributed by atoms with Crippen molar-refractivity contribution in [2.75, 3.05) is 0 Å². The highest BCUT2D eigenvalue weighted by Gasteiger charge is 2.32. The molecule has 0 aliphatic carbocycles. The molecule has 0 unspecified atom stereocenters. The van der Waals surface area contributed by atoms with Gasteiger partial charge in [-0.05, 0) is 62.1 Å². The molecule has 0 aromatic heterocycles. The number of amides is 2. The second-order valence-corrected chi connectivity index (χ2v) is 10.6. The van der Waals surface area contributed by atoms with Crippen LogP contribution in [0.5, 0.6) is 0 Å². The Labute approximate surface area is 211 Å². The zero-order valence-corrected chi connectivity index (χ0v) is 21.9. The van der Waals surface area contributed by atoms with Crippen molar-refractivity contribution in [1.82, 2.24) is 10.2 Å². The quantitative estimate of drug-likeness (QED) is 0.404. The number of rotatable bonds is 8. The summed E-state index contributed by atoms with van der Waals surface area (Å²) in [6, 6.07) is 25.0. The first kappa shape index (κ1) is 25.7. The van der Waals surface area contributed by atoms with Gasteiger partial charge in [0.2, 0.25) is 11.8 Å². The number of halogens is 1. The van der Waals surface area contributed by atoms with E-state index in [4.69, 9.17) is 0 Å². The zero-order chi connectivity index (χ0) is 24.7. The number of nitrogens with one attached hydrogen (secondary N) is 1. The van der Waals surface area contributed by atoms with Crippen molar-refractivity contribution in [2.45, 2.75) is 58.7 Å². The van der Waals surface area contributed by atoms with Crippen LogP contribution in [-0.4, -0.2) is 28.3 Å². The number of carbonyl (C=O) groups excluding carboxylic acids is 2. The molecule has 0 aliphatic rings. The average Bonchev–Trinajstić information content (AvgIpc) is 2.77. The minimum atomic E-state index is -0.642. The number of carbonyl (C=O) groups is 2. The van der Waals surface area contributed by atoms with Crippen LogP contribution in [0.25, 0.3) is 0 Å². The summed E-state index contributed by atoms with van der Waals surface area (Å²) < 4.78 is 0.940. The van der Waals surface area contributed by atoms with Crippen LogP contribution in [0.4, 0.5) is 0 Å². The van der Waals surface area contributed by atoms with Crippen molar-refractivity contribution in [3.05, 3.63) is 106 Å². The maximum atomic E-state index is 13.8. The molecule has 2 amide bonds. The first-order chi connectivity index (χ1) is 16.1. The fourth-order valence-corrected chi connectivity index (χ4v) is 4.36. The number of hydrogen-bond donors (Lipinski definition) is 1. The van der Waals surface area contributed by atoms with Crippen LogP contribution in [0.3, 0.4) is 0 Å². The molecule has 0 fully saturated rings. The minimum Gasteiger partial charge on any atom is -0.350 e. The topological polar surface area (TPSA) is 49.4 Å². The van der Waals surface area contributed by atoms with Gasteiger partial charge in [0, 0.05) is 23.0 Å². The van der Waals surface area contributed by atoms with Crippen molar-refractivity contribution < 1.29 is 9.59 Å². The number of nitrogens with zero attached hydrogens (tertiary/aromatic N) is 1. The molecule has 0 radical (unpaired) electrons. The Kier molecular flexibility index (Phi) is 8.67. The van der Waals surface area contributed by atoms with Gasteiger partial charge in [0.05, 0.1) is 6.42 Å². The molecule has 0 spiro atoms. The molecule has 34 heavy (non-hydrogen) atoms. The third-order valence-corrected chi connectivity index (χ3v) is 6.11. The molecule has 4 nitrogen and oxygen atoms in total. The number of aryl methyl sites for hydroxylation is 1. The standard InChI is InChI=1S/C29H33BrN2O2/c1-21-11-8-9-15-24(21)19-27(33)32(20-23-14-10-16-25(30)17-23)26(28(34)31-29(2,3)4)18-22-12-6-5-7-13-22/h5-17,26H,18-20H2,1-4H3,(H,31,34)/t26-/m0/s1. The lowest BCUT2D eigenvalue weighted by molar-refractivity contribution is -0.141. The van der Waals surface area contributed by atoms with Crippen molar-refractivity contribution in [3.63, 3.8) is 0 Å². The van der Waals surface area contributed by atoms with Gasteiger partial charge in [-0.3, -0.25) is 9.59 Å². The Morgan fingerprint density at radius 2 is 1.56 bits per heavy atom. The van der Waals surface area contributed by atoms with Crippen LogP contribution in [0, 0.1) is 6.92 Å². The fraction of sp³-hybridized carbons (Fsp3) is 0.310. The van der Waals surface area contributed by atoms with Gasteiger partial charge in [0.15, 0.2) is 0 Å². The molecule has 0 saturated carbocycles. The summed E-state index contributed by atoms with van der Waals surface area (Å²) >= 11 is 3.53. The molecular formula is C29H33BrN2O2. The molecule has 1 N–H and O–H groups in total. The van der Waals surface area contributed by atoms with Gasteiger partial charge in [0.25, 0.3) is 0 Å². The van der Waals surface area contributed by atoms with E-state index < -0.39 is 11.6 Å². The molecule has 3 aromatic carbocycles. The third-order valence-electron chi connectivity index (χ3n) is 5.61. The monoisotopic (exact) mass is 520 g/mol. The summed E-state index contributed by atoms with van der Waals surface area (Å²) in [4.78, 5) is 29.1. The minimum absolute atomic E-state index is 0.0701. The zero-order valence-electron chi connectivity index (χ0n) is 20.3. The molecule has 0 saturated heterocycles. The highest BCUT2D eigenvalue weighted by Crippen LogP contribution is 2.20. The lowest BCUT2D eigenvalue weighted by atomic mass is 9.99. The molecule has 3 aromatic rings. The van der Waals surface area contributed by atoms with Gasteiger partial charge in [-0.15, -0.1) is 0 Å². The van der Waals surface area contributed by atoms with E-state index in [-0.39, 0.29) is 18.2 Å². The highest BCUT2D eigenvalue weighted by molar-refractivity contribution is 9.10. The van der Waals surface area contributed by atoms with Crippen molar-refractivity contribution in [3.8, 4) is 0 Å². The maximum absolute atomic E-state index is 13.8. The Morgan fingerprint density at radius 3 is 2.21 bits per heavy atom. The van der Waals surface area contributed by atoms with Gasteiger partial charge >= 0.3 is 0 Å². The summed E-state index contributed by atoms with van der Waals surface area (Å²) in [6.45, 7) is 8.23. The van der Waals surface area contributed by atoms with Crippen LogP contribution >= 0.6 is 15.9 Å². The van der Waals surface area contributed by atoms with Gasteiger partial charge in [0.1, 0.15) is 6.04 Å². The van der Waals surface area contributed by atoms with Crippen LogP contribution in [0.15, 0.2) is 83.3 Å². The molecule has 1 atom stereocenters. The second kappa shape index (κ2) is 11.5. The maximum Gasteiger partial charge on any atom is 0.243 e. The molecular weight excluding hydrogens is 488 g/mol. The number of hydrogen-bond acceptors (Lipinski definition) is 2. The van der Waals surface area contributed by atoms with Gasteiger partial charge in [-0.1, -0.05) is 82.7 Å². The van der Waals surface area contributed by atoms with Crippen molar-refractivity contribution in [1.29, 1.82) is 0 Å². The van der Waals surface area contributed by atoms with E-state index in [1.54, 1.807) is 4.90 Å². The van der Waals surface area contributed by atoms with E-state index in [1.807, 2.05) is 107 Å².